The minimum absolute atomic E-state index is 0.239. The first-order valence-corrected chi connectivity index (χ1v) is 12.6. The number of amides is 2. The Balaban J connectivity index is 1.32. The molecule has 0 bridgehead atoms. The minimum Gasteiger partial charge on any atom is -0.490 e. The number of fused-ring (bicyclic) bond motifs is 1. The van der Waals surface area contributed by atoms with Gasteiger partial charge in [0, 0.05) is 0 Å². The second kappa shape index (κ2) is 10.7. The number of nitrogens with zero attached hydrogens (tertiary/aromatic N) is 1. The van der Waals surface area contributed by atoms with Gasteiger partial charge in [0.05, 0.1) is 18.1 Å². The molecule has 0 saturated carbocycles. The SMILES string of the molecule is CCOc1cc(/C=C2\SC(=O)N(Cc3ccc4ccccc4c3)C2=O)ccc1OCc1ccccc1. The summed E-state index contributed by atoms with van der Waals surface area (Å²) in [7, 11) is 0. The minimum atomic E-state index is -0.291. The van der Waals surface area contributed by atoms with Crippen molar-refractivity contribution >= 4 is 39.8 Å². The highest BCUT2D eigenvalue weighted by Gasteiger charge is 2.35. The molecule has 2 amide bonds. The van der Waals surface area contributed by atoms with Crippen LogP contribution in [0.1, 0.15) is 23.6 Å². The molecule has 5 nitrogen and oxygen atoms in total. The van der Waals surface area contributed by atoms with E-state index < -0.39 is 0 Å². The maximum Gasteiger partial charge on any atom is 0.293 e. The summed E-state index contributed by atoms with van der Waals surface area (Å²) in [6.07, 6.45) is 1.73. The number of hydrogen-bond acceptors (Lipinski definition) is 5. The lowest BCUT2D eigenvalue weighted by molar-refractivity contribution is -0.123. The van der Waals surface area contributed by atoms with Crippen LogP contribution in [0, 0.1) is 0 Å². The normalized spacial score (nSPS) is 14.6. The Morgan fingerprint density at radius 2 is 1.56 bits per heavy atom. The van der Waals surface area contributed by atoms with Crippen molar-refractivity contribution in [1.82, 2.24) is 4.90 Å². The molecular weight excluding hydrogens is 470 g/mol. The first-order valence-electron chi connectivity index (χ1n) is 11.8. The number of benzene rings is 4. The summed E-state index contributed by atoms with van der Waals surface area (Å²) in [6.45, 7) is 3.05. The summed E-state index contributed by atoms with van der Waals surface area (Å²) >= 11 is 0.957. The van der Waals surface area contributed by atoms with Gasteiger partial charge in [0.15, 0.2) is 11.5 Å². The quantitative estimate of drug-likeness (QED) is 0.245. The average Bonchev–Trinajstić information content (AvgIpc) is 3.16. The summed E-state index contributed by atoms with van der Waals surface area (Å²) < 4.78 is 11.8. The number of hydrogen-bond donors (Lipinski definition) is 0. The van der Waals surface area contributed by atoms with E-state index in [1.807, 2.05) is 97.9 Å². The van der Waals surface area contributed by atoms with Crippen molar-refractivity contribution in [3.8, 4) is 11.5 Å². The molecule has 5 rings (SSSR count). The predicted octanol–water partition coefficient (Wildman–Crippen LogP) is 7.05. The van der Waals surface area contributed by atoms with Crippen LogP contribution in [0.3, 0.4) is 0 Å². The zero-order valence-corrected chi connectivity index (χ0v) is 20.7. The summed E-state index contributed by atoms with van der Waals surface area (Å²) in [5, 5.41) is 1.93. The lowest BCUT2D eigenvalue weighted by atomic mass is 10.1. The second-order valence-electron chi connectivity index (χ2n) is 8.36. The van der Waals surface area contributed by atoms with Crippen LogP contribution in [0.5, 0.6) is 11.5 Å². The lowest BCUT2D eigenvalue weighted by Crippen LogP contribution is -2.27. The van der Waals surface area contributed by atoms with Crippen molar-refractivity contribution in [2.45, 2.75) is 20.1 Å². The average molecular weight is 496 g/mol. The largest absolute Gasteiger partial charge is 0.490 e. The Labute approximate surface area is 214 Å². The molecule has 1 aliphatic heterocycles. The van der Waals surface area contributed by atoms with Crippen LogP contribution in [-0.4, -0.2) is 22.7 Å². The van der Waals surface area contributed by atoms with E-state index in [1.54, 1.807) is 6.08 Å². The number of rotatable bonds is 8. The van der Waals surface area contributed by atoms with Gasteiger partial charge in [0.2, 0.25) is 0 Å². The molecule has 0 unspecified atom stereocenters. The third kappa shape index (κ3) is 5.29. The molecule has 36 heavy (non-hydrogen) atoms. The molecule has 1 aliphatic rings. The monoisotopic (exact) mass is 495 g/mol. The third-order valence-corrected chi connectivity index (χ3v) is 6.74. The molecule has 0 aromatic heterocycles. The van der Waals surface area contributed by atoms with Gasteiger partial charge in [-0.25, -0.2) is 0 Å². The molecule has 4 aromatic rings. The van der Waals surface area contributed by atoms with Crippen molar-refractivity contribution < 1.29 is 19.1 Å². The van der Waals surface area contributed by atoms with E-state index in [9.17, 15) is 9.59 Å². The van der Waals surface area contributed by atoms with Crippen molar-refractivity contribution in [3.05, 3.63) is 113 Å². The summed E-state index contributed by atoms with van der Waals surface area (Å²) in [6, 6.07) is 29.5. The number of ether oxygens (including phenoxy) is 2. The van der Waals surface area contributed by atoms with E-state index in [-0.39, 0.29) is 17.7 Å². The molecule has 0 radical (unpaired) electrons. The van der Waals surface area contributed by atoms with E-state index >= 15 is 0 Å². The predicted molar refractivity (Wildman–Crippen MR) is 144 cm³/mol. The van der Waals surface area contributed by atoms with Crippen LogP contribution in [0.15, 0.2) is 95.9 Å². The first-order chi connectivity index (χ1) is 17.6. The Morgan fingerprint density at radius 1 is 0.778 bits per heavy atom. The highest BCUT2D eigenvalue weighted by Crippen LogP contribution is 2.36. The van der Waals surface area contributed by atoms with Gasteiger partial charge in [-0.3, -0.25) is 14.5 Å². The van der Waals surface area contributed by atoms with E-state index in [4.69, 9.17) is 9.47 Å². The maximum absolute atomic E-state index is 13.1. The van der Waals surface area contributed by atoms with Crippen LogP contribution in [0.25, 0.3) is 16.8 Å². The van der Waals surface area contributed by atoms with Gasteiger partial charge < -0.3 is 9.47 Å². The Bertz CT molecular complexity index is 1450. The molecule has 0 aliphatic carbocycles. The Kier molecular flexibility index (Phi) is 7.05. The van der Waals surface area contributed by atoms with Gasteiger partial charge in [-0.05, 0) is 70.4 Å². The van der Waals surface area contributed by atoms with Crippen LogP contribution < -0.4 is 9.47 Å². The van der Waals surface area contributed by atoms with E-state index in [0.29, 0.717) is 29.6 Å². The molecule has 0 atom stereocenters. The van der Waals surface area contributed by atoms with Crippen molar-refractivity contribution in [3.63, 3.8) is 0 Å². The number of carbonyl (C=O) groups is 2. The zero-order chi connectivity index (χ0) is 24.9. The molecule has 4 aromatic carbocycles. The molecule has 180 valence electrons. The number of carbonyl (C=O) groups excluding carboxylic acids is 2. The third-order valence-electron chi connectivity index (χ3n) is 5.83. The van der Waals surface area contributed by atoms with Crippen LogP contribution in [0.2, 0.25) is 0 Å². The van der Waals surface area contributed by atoms with E-state index in [2.05, 4.69) is 0 Å². The zero-order valence-electron chi connectivity index (χ0n) is 19.8. The molecule has 0 N–H and O–H groups in total. The van der Waals surface area contributed by atoms with E-state index in [0.717, 1.165) is 39.2 Å². The smallest absolute Gasteiger partial charge is 0.293 e. The fraction of sp³-hybridized carbons (Fsp3) is 0.133. The molecule has 6 heteroatoms. The topological polar surface area (TPSA) is 55.8 Å². The second-order valence-corrected chi connectivity index (χ2v) is 9.36. The van der Waals surface area contributed by atoms with E-state index in [1.165, 1.54) is 4.90 Å². The van der Waals surface area contributed by atoms with Crippen molar-refractivity contribution in [2.75, 3.05) is 6.61 Å². The van der Waals surface area contributed by atoms with Crippen molar-refractivity contribution in [2.24, 2.45) is 0 Å². The number of imide groups is 1. The molecule has 0 spiro atoms. The summed E-state index contributed by atoms with van der Waals surface area (Å²) in [5.41, 5.74) is 2.74. The van der Waals surface area contributed by atoms with Crippen LogP contribution >= 0.6 is 11.8 Å². The number of thioether (sulfide) groups is 1. The Morgan fingerprint density at radius 3 is 2.36 bits per heavy atom. The maximum atomic E-state index is 13.1. The Hall–Kier alpha value is -4.03. The van der Waals surface area contributed by atoms with Gasteiger partial charge >= 0.3 is 0 Å². The standard InChI is InChI=1S/C30H25NO4S/c1-2-34-27-17-22(13-15-26(27)35-20-21-8-4-3-5-9-21)18-28-29(32)31(30(33)36-28)19-23-12-14-24-10-6-7-11-25(24)16-23/h3-18H,2,19-20H2,1H3/b28-18-. The molecule has 1 saturated heterocycles. The van der Waals surface area contributed by atoms with Gasteiger partial charge in [0.1, 0.15) is 6.61 Å². The lowest BCUT2D eigenvalue weighted by Gasteiger charge is -2.13. The van der Waals surface area contributed by atoms with Gasteiger partial charge in [0.25, 0.3) is 11.1 Å². The highest BCUT2D eigenvalue weighted by molar-refractivity contribution is 8.18. The van der Waals surface area contributed by atoms with Gasteiger partial charge in [-0.15, -0.1) is 0 Å². The van der Waals surface area contributed by atoms with Gasteiger partial charge in [-0.1, -0.05) is 72.8 Å². The van der Waals surface area contributed by atoms with Crippen molar-refractivity contribution in [1.29, 1.82) is 0 Å². The molecule has 1 heterocycles. The summed E-state index contributed by atoms with van der Waals surface area (Å²) in [4.78, 5) is 27.4. The van der Waals surface area contributed by atoms with Gasteiger partial charge in [-0.2, -0.15) is 0 Å². The fourth-order valence-electron chi connectivity index (χ4n) is 4.04. The molecule has 1 fully saturated rings. The first kappa shape index (κ1) is 23.7. The fourth-order valence-corrected chi connectivity index (χ4v) is 4.88. The molecular formula is C30H25NO4S. The summed E-state index contributed by atoms with van der Waals surface area (Å²) in [5.74, 6) is 0.931. The highest BCUT2D eigenvalue weighted by atomic mass is 32.2. The van der Waals surface area contributed by atoms with Crippen LogP contribution in [-0.2, 0) is 17.9 Å². The van der Waals surface area contributed by atoms with Crippen LogP contribution in [0.4, 0.5) is 4.79 Å².